The molecule has 3 aromatic carbocycles. The first-order valence-electron chi connectivity index (χ1n) is 10.4. The highest BCUT2D eigenvalue weighted by Gasteiger charge is 2.15. The summed E-state index contributed by atoms with van der Waals surface area (Å²) in [5.41, 5.74) is 2.10. The maximum atomic E-state index is 5.96. The first-order valence-corrected chi connectivity index (χ1v) is 11.2. The summed E-state index contributed by atoms with van der Waals surface area (Å²) in [6.45, 7) is 4.88. The second-order valence-electron chi connectivity index (χ2n) is 7.64. The Kier molecular flexibility index (Phi) is 6.48. The molecule has 0 saturated carbocycles. The van der Waals surface area contributed by atoms with E-state index in [9.17, 15) is 0 Å². The first-order chi connectivity index (χ1) is 14.6. The molecule has 0 fully saturated rings. The summed E-state index contributed by atoms with van der Waals surface area (Å²) in [4.78, 5) is 4.62. The van der Waals surface area contributed by atoms with Crippen molar-refractivity contribution in [3.8, 4) is 17.1 Å². The number of hydrogen-bond donors (Lipinski definition) is 0. The van der Waals surface area contributed by atoms with Gasteiger partial charge in [0.1, 0.15) is 12.4 Å². The van der Waals surface area contributed by atoms with Gasteiger partial charge in [-0.3, -0.25) is 0 Å². The molecule has 1 heterocycles. The molecular weight excluding hydrogens is 440 g/mol. The molecular formula is C25H25BrN2O2. The molecule has 0 aliphatic carbocycles. The number of ether oxygens (including phenoxy) is 1. The highest BCUT2D eigenvalue weighted by atomic mass is 79.9. The molecule has 0 aliphatic rings. The number of benzene rings is 3. The third-order valence-corrected chi connectivity index (χ3v) is 5.77. The molecule has 0 saturated heterocycles. The van der Waals surface area contributed by atoms with Crippen molar-refractivity contribution in [1.82, 2.24) is 10.1 Å². The lowest BCUT2D eigenvalue weighted by Gasteiger charge is -2.08. The highest BCUT2D eigenvalue weighted by molar-refractivity contribution is 9.10. The van der Waals surface area contributed by atoms with Gasteiger partial charge in [-0.05, 0) is 53.1 Å². The summed E-state index contributed by atoms with van der Waals surface area (Å²) in [5, 5.41) is 6.43. The Bertz CT molecular complexity index is 1120. The molecule has 1 atom stereocenters. The minimum Gasteiger partial charge on any atom is -0.489 e. The molecule has 0 N–H and O–H groups in total. The largest absolute Gasteiger partial charge is 0.489 e. The molecule has 0 spiro atoms. The van der Waals surface area contributed by atoms with E-state index < -0.39 is 0 Å². The number of nitrogens with zero attached hydrogens (tertiary/aromatic N) is 2. The van der Waals surface area contributed by atoms with Gasteiger partial charge in [0.15, 0.2) is 0 Å². The summed E-state index contributed by atoms with van der Waals surface area (Å²) >= 11 is 3.45. The fourth-order valence-corrected chi connectivity index (χ4v) is 3.65. The third-order valence-electron chi connectivity index (χ3n) is 5.24. The van der Waals surface area contributed by atoms with Crippen LogP contribution in [0.15, 0.2) is 69.7 Å². The van der Waals surface area contributed by atoms with Crippen LogP contribution in [0.25, 0.3) is 22.2 Å². The van der Waals surface area contributed by atoms with E-state index in [1.165, 1.54) is 12.8 Å². The summed E-state index contributed by atoms with van der Waals surface area (Å²) in [6, 6.07) is 20.5. The molecule has 0 bridgehead atoms. The number of fused-ring (bicyclic) bond motifs is 1. The van der Waals surface area contributed by atoms with Crippen LogP contribution in [0.1, 0.15) is 50.5 Å². The van der Waals surface area contributed by atoms with Crippen LogP contribution in [-0.4, -0.2) is 10.1 Å². The van der Waals surface area contributed by atoms with Gasteiger partial charge in [-0.25, -0.2) is 0 Å². The highest BCUT2D eigenvalue weighted by Crippen LogP contribution is 2.28. The first kappa shape index (κ1) is 20.6. The van der Waals surface area contributed by atoms with Crippen molar-refractivity contribution >= 4 is 26.7 Å². The molecule has 5 heteroatoms. The van der Waals surface area contributed by atoms with Crippen molar-refractivity contribution < 1.29 is 9.26 Å². The maximum Gasteiger partial charge on any atom is 0.229 e. The van der Waals surface area contributed by atoms with E-state index in [-0.39, 0.29) is 5.92 Å². The fraction of sp³-hybridized carbons (Fsp3) is 0.280. The molecule has 1 aromatic heterocycles. The zero-order valence-electron chi connectivity index (χ0n) is 17.3. The Morgan fingerprint density at radius 1 is 1.00 bits per heavy atom. The monoisotopic (exact) mass is 464 g/mol. The van der Waals surface area contributed by atoms with Crippen LogP contribution in [0.2, 0.25) is 0 Å². The molecule has 154 valence electrons. The maximum absolute atomic E-state index is 5.96. The molecule has 0 radical (unpaired) electrons. The van der Waals surface area contributed by atoms with E-state index in [0.717, 1.165) is 44.4 Å². The van der Waals surface area contributed by atoms with E-state index in [1.807, 2.05) is 24.3 Å². The second kappa shape index (κ2) is 9.43. The molecule has 0 amide bonds. The molecule has 0 unspecified atom stereocenters. The van der Waals surface area contributed by atoms with Gasteiger partial charge >= 0.3 is 0 Å². The molecule has 0 aliphatic heterocycles. The van der Waals surface area contributed by atoms with E-state index in [0.29, 0.717) is 12.4 Å². The minimum absolute atomic E-state index is 0.289. The lowest BCUT2D eigenvalue weighted by atomic mass is 10.0. The second-order valence-corrected chi connectivity index (χ2v) is 8.55. The SMILES string of the molecule is CCCC[C@H](C)c1nc(-c2ccc3cc(OCc4ccc(Br)cc4)ccc3c2)no1. The lowest BCUT2D eigenvalue weighted by Crippen LogP contribution is -1.95. The van der Waals surface area contributed by atoms with E-state index in [1.54, 1.807) is 0 Å². The Balaban J connectivity index is 1.48. The zero-order valence-corrected chi connectivity index (χ0v) is 18.9. The van der Waals surface area contributed by atoms with Crippen molar-refractivity contribution in [1.29, 1.82) is 0 Å². The van der Waals surface area contributed by atoms with Gasteiger partial charge in [-0.2, -0.15) is 4.98 Å². The number of hydrogen-bond acceptors (Lipinski definition) is 4. The fourth-order valence-electron chi connectivity index (χ4n) is 3.39. The van der Waals surface area contributed by atoms with Crippen molar-refractivity contribution in [3.05, 3.63) is 76.6 Å². The third kappa shape index (κ3) is 4.90. The minimum atomic E-state index is 0.289. The predicted octanol–water partition coefficient (Wildman–Crippen LogP) is 7.53. The van der Waals surface area contributed by atoms with Gasteiger partial charge in [-0.1, -0.05) is 78.1 Å². The summed E-state index contributed by atoms with van der Waals surface area (Å²) in [5.74, 6) is 2.50. The summed E-state index contributed by atoms with van der Waals surface area (Å²) in [7, 11) is 0. The van der Waals surface area contributed by atoms with Crippen LogP contribution in [0.4, 0.5) is 0 Å². The molecule has 30 heavy (non-hydrogen) atoms. The normalized spacial score (nSPS) is 12.2. The Hall–Kier alpha value is -2.66. The number of aromatic nitrogens is 2. The van der Waals surface area contributed by atoms with Gasteiger partial charge in [-0.15, -0.1) is 0 Å². The smallest absolute Gasteiger partial charge is 0.229 e. The number of rotatable bonds is 8. The van der Waals surface area contributed by atoms with Crippen LogP contribution in [0.5, 0.6) is 5.75 Å². The average molecular weight is 465 g/mol. The standard InChI is InChI=1S/C25H25BrN2O2/c1-3-4-5-17(2)25-27-24(28-30-25)21-9-8-20-15-23(13-10-19(20)14-21)29-16-18-6-11-22(26)12-7-18/h6-15,17H,3-5,16H2,1-2H3/t17-/m0/s1. The van der Waals surface area contributed by atoms with E-state index in [2.05, 4.69) is 76.3 Å². The van der Waals surface area contributed by atoms with Crippen molar-refractivity contribution in [2.45, 2.75) is 45.6 Å². The number of unbranched alkanes of at least 4 members (excludes halogenated alkanes) is 1. The topological polar surface area (TPSA) is 48.2 Å². The summed E-state index contributed by atoms with van der Waals surface area (Å²) in [6.07, 6.45) is 3.41. The van der Waals surface area contributed by atoms with Crippen molar-refractivity contribution in [2.24, 2.45) is 0 Å². The van der Waals surface area contributed by atoms with Crippen LogP contribution < -0.4 is 4.74 Å². The average Bonchev–Trinajstić information content (AvgIpc) is 3.27. The molecule has 4 rings (SSSR count). The van der Waals surface area contributed by atoms with Gasteiger partial charge in [0, 0.05) is 16.0 Å². The quantitative estimate of drug-likeness (QED) is 0.270. The zero-order chi connectivity index (χ0) is 20.9. The van der Waals surface area contributed by atoms with Crippen molar-refractivity contribution in [2.75, 3.05) is 0 Å². The van der Waals surface area contributed by atoms with Crippen LogP contribution in [-0.2, 0) is 6.61 Å². The molecule has 4 aromatic rings. The van der Waals surface area contributed by atoms with Crippen LogP contribution >= 0.6 is 15.9 Å². The van der Waals surface area contributed by atoms with Gasteiger partial charge in [0.05, 0.1) is 0 Å². The lowest BCUT2D eigenvalue weighted by molar-refractivity contribution is 0.306. The Morgan fingerprint density at radius 2 is 1.77 bits per heavy atom. The Labute approximate surface area is 185 Å². The number of halogens is 1. The predicted molar refractivity (Wildman–Crippen MR) is 124 cm³/mol. The van der Waals surface area contributed by atoms with Crippen LogP contribution in [0.3, 0.4) is 0 Å². The van der Waals surface area contributed by atoms with Gasteiger partial charge < -0.3 is 9.26 Å². The summed E-state index contributed by atoms with van der Waals surface area (Å²) < 4.78 is 12.5. The van der Waals surface area contributed by atoms with E-state index in [4.69, 9.17) is 9.26 Å². The molecule has 4 nitrogen and oxygen atoms in total. The van der Waals surface area contributed by atoms with Crippen LogP contribution in [0, 0.1) is 0 Å². The Morgan fingerprint density at radius 3 is 2.57 bits per heavy atom. The van der Waals surface area contributed by atoms with Gasteiger partial charge in [0.2, 0.25) is 11.7 Å². The van der Waals surface area contributed by atoms with E-state index >= 15 is 0 Å². The van der Waals surface area contributed by atoms with Crippen molar-refractivity contribution in [3.63, 3.8) is 0 Å². The van der Waals surface area contributed by atoms with Gasteiger partial charge in [0.25, 0.3) is 0 Å².